The SMILES string of the molecule is CC(=O)Nc1cccc(SC(C)C)c1SC(C)C. The van der Waals surface area contributed by atoms with Crippen molar-refractivity contribution in [3.05, 3.63) is 18.2 Å². The number of benzene rings is 1. The summed E-state index contributed by atoms with van der Waals surface area (Å²) in [6, 6.07) is 6.09. The molecule has 0 saturated heterocycles. The van der Waals surface area contributed by atoms with Crippen LogP contribution in [0.5, 0.6) is 0 Å². The van der Waals surface area contributed by atoms with Crippen molar-refractivity contribution < 1.29 is 4.79 Å². The lowest BCUT2D eigenvalue weighted by Crippen LogP contribution is -2.08. The highest BCUT2D eigenvalue weighted by atomic mass is 32.2. The Morgan fingerprint density at radius 2 is 1.72 bits per heavy atom. The van der Waals surface area contributed by atoms with E-state index in [0.29, 0.717) is 10.5 Å². The van der Waals surface area contributed by atoms with Crippen LogP contribution in [0.1, 0.15) is 34.6 Å². The molecule has 0 atom stereocenters. The molecular weight excluding hydrogens is 262 g/mol. The van der Waals surface area contributed by atoms with E-state index in [0.717, 1.165) is 5.69 Å². The molecule has 1 amide bonds. The topological polar surface area (TPSA) is 29.1 Å². The fraction of sp³-hybridized carbons (Fsp3) is 0.500. The number of anilines is 1. The van der Waals surface area contributed by atoms with Gasteiger partial charge in [-0.1, -0.05) is 33.8 Å². The molecule has 0 saturated carbocycles. The first-order chi connectivity index (χ1) is 8.40. The third kappa shape index (κ3) is 4.94. The first kappa shape index (κ1) is 15.4. The molecule has 0 spiro atoms. The van der Waals surface area contributed by atoms with Gasteiger partial charge in [0.2, 0.25) is 5.91 Å². The van der Waals surface area contributed by atoms with Gasteiger partial charge in [-0.25, -0.2) is 0 Å². The van der Waals surface area contributed by atoms with Gasteiger partial charge in [-0.2, -0.15) is 0 Å². The summed E-state index contributed by atoms with van der Waals surface area (Å²) in [6.07, 6.45) is 0. The number of thioether (sulfide) groups is 2. The molecule has 4 heteroatoms. The predicted octanol–water partition coefficient (Wildman–Crippen LogP) is 4.65. The summed E-state index contributed by atoms with van der Waals surface area (Å²) in [4.78, 5) is 13.7. The smallest absolute Gasteiger partial charge is 0.221 e. The summed E-state index contributed by atoms with van der Waals surface area (Å²) >= 11 is 3.64. The Kier molecular flexibility index (Phi) is 6.09. The number of hydrogen-bond donors (Lipinski definition) is 1. The summed E-state index contributed by atoms with van der Waals surface area (Å²) in [5.74, 6) is -0.0210. The molecule has 0 aliphatic heterocycles. The van der Waals surface area contributed by atoms with E-state index < -0.39 is 0 Å². The van der Waals surface area contributed by atoms with Gasteiger partial charge in [-0.05, 0) is 12.1 Å². The van der Waals surface area contributed by atoms with Crippen LogP contribution in [0.2, 0.25) is 0 Å². The van der Waals surface area contributed by atoms with Crippen LogP contribution in [0.25, 0.3) is 0 Å². The van der Waals surface area contributed by atoms with Crippen LogP contribution in [-0.4, -0.2) is 16.4 Å². The van der Waals surface area contributed by atoms with Crippen LogP contribution in [0, 0.1) is 0 Å². The van der Waals surface area contributed by atoms with Gasteiger partial charge in [-0.15, -0.1) is 23.5 Å². The quantitative estimate of drug-likeness (QED) is 0.798. The van der Waals surface area contributed by atoms with Crippen molar-refractivity contribution in [2.24, 2.45) is 0 Å². The van der Waals surface area contributed by atoms with Gasteiger partial charge in [-0.3, -0.25) is 4.79 Å². The van der Waals surface area contributed by atoms with Crippen LogP contribution >= 0.6 is 23.5 Å². The van der Waals surface area contributed by atoms with Gasteiger partial charge in [0.15, 0.2) is 0 Å². The summed E-state index contributed by atoms with van der Waals surface area (Å²) in [5.41, 5.74) is 0.923. The largest absolute Gasteiger partial charge is 0.325 e. The van der Waals surface area contributed by atoms with Crippen molar-refractivity contribution in [1.82, 2.24) is 0 Å². The molecule has 0 heterocycles. The summed E-state index contributed by atoms with van der Waals surface area (Å²) in [7, 11) is 0. The maximum atomic E-state index is 11.3. The zero-order valence-corrected chi connectivity index (χ0v) is 13.2. The van der Waals surface area contributed by atoms with E-state index in [2.05, 4.69) is 39.1 Å². The zero-order valence-electron chi connectivity index (χ0n) is 11.6. The van der Waals surface area contributed by atoms with E-state index in [1.54, 1.807) is 18.7 Å². The molecule has 0 fully saturated rings. The Morgan fingerprint density at radius 3 is 2.22 bits per heavy atom. The van der Waals surface area contributed by atoms with Crippen molar-refractivity contribution in [2.45, 2.75) is 54.9 Å². The normalized spacial score (nSPS) is 11.1. The number of carbonyl (C=O) groups is 1. The van der Waals surface area contributed by atoms with Crippen molar-refractivity contribution in [1.29, 1.82) is 0 Å². The molecule has 0 bridgehead atoms. The maximum absolute atomic E-state index is 11.3. The molecule has 18 heavy (non-hydrogen) atoms. The molecule has 0 unspecified atom stereocenters. The first-order valence-electron chi connectivity index (χ1n) is 6.14. The Balaban J connectivity index is 3.11. The minimum absolute atomic E-state index is 0.0210. The number of nitrogens with one attached hydrogen (secondary N) is 1. The van der Waals surface area contributed by atoms with Crippen LogP contribution in [0.3, 0.4) is 0 Å². The van der Waals surface area contributed by atoms with Crippen molar-refractivity contribution in [2.75, 3.05) is 5.32 Å². The van der Waals surface area contributed by atoms with E-state index in [-0.39, 0.29) is 5.91 Å². The van der Waals surface area contributed by atoms with Gasteiger partial charge in [0.05, 0.1) is 5.69 Å². The standard InChI is InChI=1S/C14H21NOS2/c1-9(2)17-13-8-6-7-12(15-11(5)16)14(13)18-10(3)4/h6-10H,1-5H3,(H,15,16). The van der Waals surface area contributed by atoms with Crippen molar-refractivity contribution in [3.63, 3.8) is 0 Å². The first-order valence-corrected chi connectivity index (χ1v) is 7.90. The van der Waals surface area contributed by atoms with Crippen LogP contribution in [0.4, 0.5) is 5.69 Å². The van der Waals surface area contributed by atoms with E-state index in [1.165, 1.54) is 9.79 Å². The number of carbonyl (C=O) groups excluding carboxylic acids is 1. The van der Waals surface area contributed by atoms with Crippen LogP contribution in [-0.2, 0) is 4.79 Å². The molecule has 0 aromatic heterocycles. The molecule has 1 N–H and O–H groups in total. The second-order valence-corrected chi connectivity index (χ2v) is 7.85. The molecular formula is C14H21NOS2. The average molecular weight is 283 g/mol. The van der Waals surface area contributed by atoms with Gasteiger partial charge in [0.25, 0.3) is 0 Å². The summed E-state index contributed by atoms with van der Waals surface area (Å²) < 4.78 is 0. The average Bonchev–Trinajstić information content (AvgIpc) is 2.20. The highest BCUT2D eigenvalue weighted by molar-refractivity contribution is 8.03. The van der Waals surface area contributed by atoms with E-state index in [1.807, 2.05) is 23.9 Å². The maximum Gasteiger partial charge on any atom is 0.221 e. The molecule has 100 valence electrons. The summed E-state index contributed by atoms with van der Waals surface area (Å²) in [5, 5.41) is 3.94. The lowest BCUT2D eigenvalue weighted by Gasteiger charge is -2.17. The van der Waals surface area contributed by atoms with E-state index in [9.17, 15) is 4.79 Å². The Hall–Kier alpha value is -0.610. The van der Waals surface area contributed by atoms with Crippen LogP contribution in [0.15, 0.2) is 28.0 Å². The second kappa shape index (κ2) is 7.10. The highest BCUT2D eigenvalue weighted by Crippen LogP contribution is 2.40. The zero-order chi connectivity index (χ0) is 13.7. The Morgan fingerprint density at radius 1 is 1.11 bits per heavy atom. The molecule has 0 aliphatic rings. The minimum atomic E-state index is -0.0210. The fourth-order valence-electron chi connectivity index (χ4n) is 1.51. The molecule has 1 aromatic rings. The van der Waals surface area contributed by atoms with E-state index in [4.69, 9.17) is 0 Å². The number of hydrogen-bond acceptors (Lipinski definition) is 3. The molecule has 0 radical (unpaired) electrons. The molecule has 1 rings (SSSR count). The second-order valence-electron chi connectivity index (χ2n) is 4.65. The molecule has 0 aliphatic carbocycles. The monoisotopic (exact) mass is 283 g/mol. The molecule has 2 nitrogen and oxygen atoms in total. The van der Waals surface area contributed by atoms with Crippen molar-refractivity contribution in [3.8, 4) is 0 Å². The minimum Gasteiger partial charge on any atom is -0.325 e. The number of amides is 1. The van der Waals surface area contributed by atoms with Crippen molar-refractivity contribution >= 4 is 35.1 Å². The Bertz CT molecular complexity index is 416. The van der Waals surface area contributed by atoms with Gasteiger partial charge < -0.3 is 5.32 Å². The van der Waals surface area contributed by atoms with Gasteiger partial charge in [0.1, 0.15) is 0 Å². The lowest BCUT2D eigenvalue weighted by atomic mass is 10.3. The van der Waals surface area contributed by atoms with Gasteiger partial charge in [0, 0.05) is 27.2 Å². The van der Waals surface area contributed by atoms with Crippen LogP contribution < -0.4 is 5.32 Å². The Labute approximate surface area is 118 Å². The number of rotatable bonds is 5. The highest BCUT2D eigenvalue weighted by Gasteiger charge is 2.13. The van der Waals surface area contributed by atoms with Gasteiger partial charge >= 0.3 is 0 Å². The summed E-state index contributed by atoms with van der Waals surface area (Å²) in [6.45, 7) is 10.2. The third-order valence-electron chi connectivity index (χ3n) is 2.01. The molecule has 1 aromatic carbocycles. The fourth-order valence-corrected chi connectivity index (χ4v) is 3.58. The van der Waals surface area contributed by atoms with E-state index >= 15 is 0 Å². The predicted molar refractivity (Wildman–Crippen MR) is 82.7 cm³/mol. The third-order valence-corrected chi connectivity index (χ3v) is 4.35. The lowest BCUT2D eigenvalue weighted by molar-refractivity contribution is -0.114.